The molecule has 0 radical (unpaired) electrons. The maximum absolute atomic E-state index is 13.4. The van der Waals surface area contributed by atoms with Crippen molar-refractivity contribution in [2.24, 2.45) is 5.92 Å². The van der Waals surface area contributed by atoms with Crippen molar-refractivity contribution in [1.29, 1.82) is 0 Å². The number of hydrogen-bond donors (Lipinski definition) is 0. The van der Waals surface area contributed by atoms with Crippen LogP contribution in [0.4, 0.5) is 4.39 Å². The van der Waals surface area contributed by atoms with E-state index in [0.29, 0.717) is 12.5 Å². The summed E-state index contributed by atoms with van der Waals surface area (Å²) in [5.74, 6) is 0.407. The fourth-order valence-corrected chi connectivity index (χ4v) is 1.56. The first-order valence-electron chi connectivity index (χ1n) is 4.96. The lowest BCUT2D eigenvalue weighted by Gasteiger charge is -2.33. The molecule has 0 aromatic carbocycles. The number of alkyl halides is 1. The van der Waals surface area contributed by atoms with Gasteiger partial charge in [-0.15, -0.1) is 0 Å². The molecule has 0 bridgehead atoms. The summed E-state index contributed by atoms with van der Waals surface area (Å²) in [7, 11) is 0. The Balaban J connectivity index is 1.63. The van der Waals surface area contributed by atoms with Gasteiger partial charge < -0.3 is 9.47 Å². The number of allylic oxidation sites excluding steroid dienone is 3. The van der Waals surface area contributed by atoms with Gasteiger partial charge in [-0.1, -0.05) is 24.3 Å². The largest absolute Gasteiger partial charge is 0.377 e. The molecule has 1 saturated heterocycles. The van der Waals surface area contributed by atoms with Crippen molar-refractivity contribution in [3.05, 3.63) is 24.3 Å². The second kappa shape index (κ2) is 4.24. The SMILES string of the molecule is FC1(COCC2C=CC=CC2)COC1. The van der Waals surface area contributed by atoms with Crippen molar-refractivity contribution in [3.8, 4) is 0 Å². The molecular weight excluding hydrogens is 183 g/mol. The summed E-state index contributed by atoms with van der Waals surface area (Å²) in [4.78, 5) is 0. The Hall–Kier alpha value is -0.670. The molecule has 14 heavy (non-hydrogen) atoms. The van der Waals surface area contributed by atoms with Crippen LogP contribution >= 0.6 is 0 Å². The third kappa shape index (κ3) is 2.42. The van der Waals surface area contributed by atoms with Gasteiger partial charge in [-0.05, 0) is 6.42 Å². The lowest BCUT2D eigenvalue weighted by molar-refractivity contribution is -0.162. The van der Waals surface area contributed by atoms with E-state index >= 15 is 0 Å². The number of ether oxygens (including phenoxy) is 2. The van der Waals surface area contributed by atoms with E-state index in [4.69, 9.17) is 9.47 Å². The third-order valence-corrected chi connectivity index (χ3v) is 2.48. The van der Waals surface area contributed by atoms with Crippen LogP contribution in [0, 0.1) is 5.92 Å². The fraction of sp³-hybridized carbons (Fsp3) is 0.636. The van der Waals surface area contributed by atoms with E-state index in [9.17, 15) is 4.39 Å². The van der Waals surface area contributed by atoms with Crippen molar-refractivity contribution >= 4 is 0 Å². The minimum Gasteiger partial charge on any atom is -0.377 e. The molecule has 0 saturated carbocycles. The molecule has 2 nitrogen and oxygen atoms in total. The highest BCUT2D eigenvalue weighted by Crippen LogP contribution is 2.22. The minimum absolute atomic E-state index is 0.168. The van der Waals surface area contributed by atoms with Crippen LogP contribution in [0.15, 0.2) is 24.3 Å². The highest BCUT2D eigenvalue weighted by atomic mass is 19.1. The van der Waals surface area contributed by atoms with Gasteiger partial charge in [0, 0.05) is 5.92 Å². The summed E-state index contributed by atoms with van der Waals surface area (Å²) >= 11 is 0. The maximum atomic E-state index is 13.4. The quantitative estimate of drug-likeness (QED) is 0.686. The Morgan fingerprint density at radius 1 is 1.43 bits per heavy atom. The van der Waals surface area contributed by atoms with Gasteiger partial charge in [0.25, 0.3) is 0 Å². The first-order chi connectivity index (χ1) is 6.79. The highest BCUT2D eigenvalue weighted by Gasteiger charge is 2.39. The Kier molecular flexibility index (Phi) is 2.99. The molecular formula is C11H15FO2. The molecule has 3 heteroatoms. The molecule has 0 spiro atoms. The molecule has 1 fully saturated rings. The normalized spacial score (nSPS) is 28.8. The van der Waals surface area contributed by atoms with E-state index in [-0.39, 0.29) is 19.8 Å². The lowest BCUT2D eigenvalue weighted by atomic mass is 10.0. The van der Waals surface area contributed by atoms with Crippen LogP contribution in [0.2, 0.25) is 0 Å². The fourth-order valence-electron chi connectivity index (χ4n) is 1.56. The summed E-state index contributed by atoms with van der Waals surface area (Å²) in [5, 5.41) is 0. The van der Waals surface area contributed by atoms with Crippen molar-refractivity contribution in [2.45, 2.75) is 12.1 Å². The molecule has 2 rings (SSSR count). The zero-order chi connectivity index (χ0) is 9.86. The number of halogens is 1. The van der Waals surface area contributed by atoms with Crippen molar-refractivity contribution in [3.63, 3.8) is 0 Å². The third-order valence-electron chi connectivity index (χ3n) is 2.48. The molecule has 0 aromatic heterocycles. The average molecular weight is 198 g/mol. The second-order valence-electron chi connectivity index (χ2n) is 3.97. The summed E-state index contributed by atoms with van der Waals surface area (Å²) in [6.45, 7) is 1.15. The van der Waals surface area contributed by atoms with Gasteiger partial charge in [-0.3, -0.25) is 0 Å². The summed E-state index contributed by atoms with van der Waals surface area (Å²) in [5.41, 5.74) is -1.21. The Labute approximate surface area is 83.4 Å². The van der Waals surface area contributed by atoms with Gasteiger partial charge in [0.15, 0.2) is 5.67 Å². The molecule has 1 heterocycles. The van der Waals surface area contributed by atoms with Crippen LogP contribution in [0.5, 0.6) is 0 Å². The molecule has 1 atom stereocenters. The monoisotopic (exact) mass is 198 g/mol. The van der Waals surface area contributed by atoms with Gasteiger partial charge in [0.1, 0.15) is 0 Å². The molecule has 1 aliphatic carbocycles. The Morgan fingerprint density at radius 2 is 2.29 bits per heavy atom. The predicted octanol–water partition coefficient (Wildman–Crippen LogP) is 1.87. The molecule has 1 aliphatic heterocycles. The average Bonchev–Trinajstić information content (AvgIpc) is 2.17. The van der Waals surface area contributed by atoms with Gasteiger partial charge in [0.2, 0.25) is 0 Å². The molecule has 0 N–H and O–H groups in total. The molecule has 78 valence electrons. The van der Waals surface area contributed by atoms with Crippen molar-refractivity contribution < 1.29 is 13.9 Å². The van der Waals surface area contributed by atoms with E-state index in [0.717, 1.165) is 6.42 Å². The summed E-state index contributed by atoms with van der Waals surface area (Å²) in [6.07, 6.45) is 9.22. The van der Waals surface area contributed by atoms with Crippen molar-refractivity contribution in [2.75, 3.05) is 26.4 Å². The molecule has 2 aliphatic rings. The maximum Gasteiger partial charge on any atom is 0.180 e. The minimum atomic E-state index is -1.21. The van der Waals surface area contributed by atoms with E-state index in [1.165, 1.54) is 0 Å². The standard InChI is InChI=1S/C11H15FO2/c12-11(8-14-9-11)7-13-6-10-4-2-1-3-5-10/h1-4,10H,5-9H2. The Morgan fingerprint density at radius 3 is 2.86 bits per heavy atom. The van der Waals surface area contributed by atoms with Crippen LogP contribution in [0.1, 0.15) is 6.42 Å². The molecule has 0 aromatic rings. The second-order valence-corrected chi connectivity index (χ2v) is 3.97. The molecule has 0 amide bonds. The van der Waals surface area contributed by atoms with Gasteiger partial charge in [-0.25, -0.2) is 4.39 Å². The number of hydrogen-bond acceptors (Lipinski definition) is 2. The number of rotatable bonds is 4. The predicted molar refractivity (Wildman–Crippen MR) is 51.9 cm³/mol. The van der Waals surface area contributed by atoms with Crippen LogP contribution in [-0.4, -0.2) is 32.1 Å². The van der Waals surface area contributed by atoms with E-state index in [1.807, 2.05) is 12.2 Å². The van der Waals surface area contributed by atoms with E-state index < -0.39 is 5.67 Å². The molecule has 1 unspecified atom stereocenters. The van der Waals surface area contributed by atoms with Crippen LogP contribution < -0.4 is 0 Å². The Bertz CT molecular complexity index is 244. The van der Waals surface area contributed by atoms with Gasteiger partial charge in [0.05, 0.1) is 26.4 Å². The smallest absolute Gasteiger partial charge is 0.180 e. The van der Waals surface area contributed by atoms with E-state index in [1.54, 1.807) is 0 Å². The van der Waals surface area contributed by atoms with Gasteiger partial charge in [-0.2, -0.15) is 0 Å². The van der Waals surface area contributed by atoms with Gasteiger partial charge >= 0.3 is 0 Å². The van der Waals surface area contributed by atoms with Crippen molar-refractivity contribution in [1.82, 2.24) is 0 Å². The summed E-state index contributed by atoms with van der Waals surface area (Å²) in [6, 6.07) is 0. The zero-order valence-corrected chi connectivity index (χ0v) is 8.12. The van der Waals surface area contributed by atoms with E-state index in [2.05, 4.69) is 12.2 Å². The highest BCUT2D eigenvalue weighted by molar-refractivity contribution is 5.10. The topological polar surface area (TPSA) is 18.5 Å². The van der Waals surface area contributed by atoms with Crippen LogP contribution in [0.3, 0.4) is 0 Å². The lowest BCUT2D eigenvalue weighted by Crippen LogP contribution is -2.49. The van der Waals surface area contributed by atoms with Crippen LogP contribution in [0.25, 0.3) is 0 Å². The summed E-state index contributed by atoms with van der Waals surface area (Å²) < 4.78 is 23.5. The first kappa shape index (κ1) is 9.87. The van der Waals surface area contributed by atoms with Crippen LogP contribution in [-0.2, 0) is 9.47 Å². The zero-order valence-electron chi connectivity index (χ0n) is 8.12. The first-order valence-corrected chi connectivity index (χ1v) is 4.96.